The fourth-order valence-corrected chi connectivity index (χ4v) is 4.70. The van der Waals surface area contributed by atoms with E-state index in [1.807, 2.05) is 78.9 Å². The first-order valence-electron chi connectivity index (χ1n) is 13.4. The van der Waals surface area contributed by atoms with E-state index in [-0.39, 0.29) is 5.91 Å². The smallest absolute Gasteiger partial charge is 0.251 e. The molecule has 0 saturated heterocycles. The minimum Gasteiger partial charge on any atom is -0.496 e. The molecule has 4 nitrogen and oxygen atoms in total. The lowest BCUT2D eigenvalue weighted by atomic mass is 9.98. The zero-order chi connectivity index (χ0) is 27.9. The van der Waals surface area contributed by atoms with E-state index in [4.69, 9.17) is 9.47 Å². The van der Waals surface area contributed by atoms with Gasteiger partial charge in [0.1, 0.15) is 17.2 Å². The van der Waals surface area contributed by atoms with Crippen molar-refractivity contribution in [1.82, 2.24) is 5.32 Å². The van der Waals surface area contributed by atoms with Crippen molar-refractivity contribution in [2.24, 2.45) is 0 Å². The van der Waals surface area contributed by atoms with Crippen molar-refractivity contribution in [3.8, 4) is 28.4 Å². The van der Waals surface area contributed by atoms with Gasteiger partial charge in [-0.2, -0.15) is 0 Å². The highest BCUT2D eigenvalue weighted by atomic mass is 16.5. The molecule has 0 bridgehead atoms. The molecule has 5 rings (SSSR count). The molecule has 0 radical (unpaired) electrons. The predicted octanol–water partition coefficient (Wildman–Crippen LogP) is 8.29. The predicted molar refractivity (Wildman–Crippen MR) is 161 cm³/mol. The largest absolute Gasteiger partial charge is 0.496 e. The van der Waals surface area contributed by atoms with Gasteiger partial charge in [0, 0.05) is 18.5 Å². The van der Waals surface area contributed by atoms with E-state index in [1.165, 1.54) is 5.56 Å². The van der Waals surface area contributed by atoms with Crippen LogP contribution in [0.2, 0.25) is 0 Å². The number of hydrogen-bond donors (Lipinski definition) is 1. The molecular weight excluding hydrogens is 494 g/mol. The third-order valence-electron chi connectivity index (χ3n) is 7.15. The van der Waals surface area contributed by atoms with Gasteiger partial charge < -0.3 is 14.8 Å². The first-order valence-corrected chi connectivity index (χ1v) is 13.4. The molecule has 0 fully saturated rings. The minimum absolute atomic E-state index is 0.0895. The summed E-state index contributed by atoms with van der Waals surface area (Å²) in [6.45, 7) is 4.63. The van der Waals surface area contributed by atoms with Crippen molar-refractivity contribution in [3.63, 3.8) is 0 Å². The monoisotopic (exact) mass is 527 g/mol. The topological polar surface area (TPSA) is 47.6 Å². The molecule has 0 spiro atoms. The van der Waals surface area contributed by atoms with Crippen LogP contribution in [0.5, 0.6) is 17.2 Å². The number of rotatable bonds is 9. The van der Waals surface area contributed by atoms with Gasteiger partial charge in [-0.05, 0) is 89.2 Å². The van der Waals surface area contributed by atoms with Crippen LogP contribution in [-0.4, -0.2) is 13.0 Å². The summed E-state index contributed by atoms with van der Waals surface area (Å²) in [5.41, 5.74) is 8.55. The Morgan fingerprint density at radius 2 is 1.27 bits per heavy atom. The Bertz CT molecular complexity index is 1570. The van der Waals surface area contributed by atoms with Gasteiger partial charge in [0.05, 0.1) is 7.11 Å². The summed E-state index contributed by atoms with van der Waals surface area (Å²) in [7, 11) is 1.71. The van der Waals surface area contributed by atoms with E-state index in [2.05, 4.69) is 55.6 Å². The highest BCUT2D eigenvalue weighted by molar-refractivity contribution is 5.94. The fraction of sp³-hybridized carbons (Fsp3) is 0.139. The lowest BCUT2D eigenvalue weighted by molar-refractivity contribution is 0.0951. The SMILES string of the molecule is COc1c(Cc2ccc(C(=O)NCc3ccc(-c4ccc(Oc5ccccc5)cc4)cc3)cc2)ccc(C)c1C. The van der Waals surface area contributed by atoms with Crippen LogP contribution in [0.4, 0.5) is 0 Å². The Morgan fingerprint density at radius 3 is 1.93 bits per heavy atom. The van der Waals surface area contributed by atoms with Crippen molar-refractivity contribution in [1.29, 1.82) is 0 Å². The fourth-order valence-electron chi connectivity index (χ4n) is 4.70. The number of para-hydroxylation sites is 1. The average Bonchev–Trinajstić information content (AvgIpc) is 2.99. The summed E-state index contributed by atoms with van der Waals surface area (Å²) in [6.07, 6.45) is 0.751. The molecule has 0 heterocycles. The molecule has 0 aliphatic heterocycles. The Kier molecular flexibility index (Phi) is 8.26. The van der Waals surface area contributed by atoms with Crippen LogP contribution >= 0.6 is 0 Å². The standard InChI is InChI=1S/C36H33NO3/c1-25-9-14-32(35(39-3)26(25)2)23-27-10-17-31(18-11-27)36(38)37-24-28-12-15-29(16-13-28)30-19-21-34(22-20-30)40-33-7-5-4-6-8-33/h4-22H,23-24H2,1-3H3,(H,37,38). The van der Waals surface area contributed by atoms with Crippen LogP contribution in [0, 0.1) is 13.8 Å². The van der Waals surface area contributed by atoms with Gasteiger partial charge in [0.2, 0.25) is 0 Å². The number of amides is 1. The van der Waals surface area contributed by atoms with Crippen molar-refractivity contribution in [2.75, 3.05) is 7.11 Å². The maximum absolute atomic E-state index is 12.8. The van der Waals surface area contributed by atoms with Gasteiger partial charge in [-0.15, -0.1) is 0 Å². The summed E-state index contributed by atoms with van der Waals surface area (Å²) in [6, 6.07) is 38.0. The summed E-state index contributed by atoms with van der Waals surface area (Å²) in [5.74, 6) is 2.46. The third kappa shape index (κ3) is 6.41. The van der Waals surface area contributed by atoms with Crippen LogP contribution < -0.4 is 14.8 Å². The molecule has 0 unspecified atom stereocenters. The Hall–Kier alpha value is -4.83. The van der Waals surface area contributed by atoms with Gasteiger partial charge >= 0.3 is 0 Å². The first-order chi connectivity index (χ1) is 19.5. The van der Waals surface area contributed by atoms with Gasteiger partial charge in [0.15, 0.2) is 0 Å². The lowest BCUT2D eigenvalue weighted by Gasteiger charge is -2.14. The molecule has 5 aromatic carbocycles. The Morgan fingerprint density at radius 1 is 0.675 bits per heavy atom. The maximum Gasteiger partial charge on any atom is 0.251 e. The zero-order valence-corrected chi connectivity index (χ0v) is 23.1. The van der Waals surface area contributed by atoms with Crippen LogP contribution in [0.15, 0.2) is 115 Å². The Labute approximate surface area is 236 Å². The molecule has 1 N–H and O–H groups in total. The molecule has 0 atom stereocenters. The van der Waals surface area contributed by atoms with Crippen molar-refractivity contribution >= 4 is 5.91 Å². The second-order valence-electron chi connectivity index (χ2n) is 9.89. The van der Waals surface area contributed by atoms with Gasteiger partial charge in [-0.25, -0.2) is 0 Å². The van der Waals surface area contributed by atoms with Gasteiger partial charge in [-0.1, -0.05) is 78.9 Å². The summed E-state index contributed by atoms with van der Waals surface area (Å²) in [4.78, 5) is 12.8. The quantitative estimate of drug-likeness (QED) is 0.210. The molecule has 0 aromatic heterocycles. The Balaban J connectivity index is 1.15. The molecule has 200 valence electrons. The number of methoxy groups -OCH3 is 1. The molecular formula is C36H33NO3. The van der Waals surface area contributed by atoms with Crippen LogP contribution in [0.1, 0.15) is 38.2 Å². The summed E-state index contributed by atoms with van der Waals surface area (Å²) >= 11 is 0. The molecule has 1 amide bonds. The molecule has 0 saturated carbocycles. The van der Waals surface area contributed by atoms with Crippen molar-refractivity contribution in [2.45, 2.75) is 26.8 Å². The van der Waals surface area contributed by atoms with Gasteiger partial charge in [0.25, 0.3) is 5.91 Å². The minimum atomic E-state index is -0.0895. The number of nitrogens with one attached hydrogen (secondary N) is 1. The van der Waals surface area contributed by atoms with E-state index in [0.29, 0.717) is 12.1 Å². The second kappa shape index (κ2) is 12.4. The number of carbonyl (C=O) groups excluding carboxylic acids is 1. The first kappa shape index (κ1) is 26.8. The zero-order valence-electron chi connectivity index (χ0n) is 23.1. The normalized spacial score (nSPS) is 10.7. The molecule has 40 heavy (non-hydrogen) atoms. The molecule has 0 aliphatic rings. The highest BCUT2D eigenvalue weighted by Crippen LogP contribution is 2.29. The molecule has 0 aliphatic carbocycles. The number of aryl methyl sites for hydroxylation is 1. The number of benzene rings is 5. The van der Waals surface area contributed by atoms with Crippen LogP contribution in [0.3, 0.4) is 0 Å². The maximum atomic E-state index is 12.8. The van der Waals surface area contributed by atoms with E-state index in [0.717, 1.165) is 57.1 Å². The van der Waals surface area contributed by atoms with Crippen LogP contribution in [0.25, 0.3) is 11.1 Å². The van der Waals surface area contributed by atoms with Crippen molar-refractivity contribution in [3.05, 3.63) is 149 Å². The van der Waals surface area contributed by atoms with E-state index in [9.17, 15) is 4.79 Å². The lowest BCUT2D eigenvalue weighted by Crippen LogP contribution is -2.22. The number of ether oxygens (including phenoxy) is 2. The van der Waals surface area contributed by atoms with Crippen molar-refractivity contribution < 1.29 is 14.3 Å². The average molecular weight is 528 g/mol. The third-order valence-corrected chi connectivity index (χ3v) is 7.15. The number of carbonyl (C=O) groups is 1. The summed E-state index contributed by atoms with van der Waals surface area (Å²) in [5, 5.41) is 3.03. The second-order valence-corrected chi connectivity index (χ2v) is 9.89. The summed E-state index contributed by atoms with van der Waals surface area (Å²) < 4.78 is 11.5. The van der Waals surface area contributed by atoms with Gasteiger partial charge in [-0.3, -0.25) is 4.79 Å². The molecule has 5 aromatic rings. The number of hydrogen-bond acceptors (Lipinski definition) is 3. The van der Waals surface area contributed by atoms with E-state index in [1.54, 1.807) is 7.11 Å². The van der Waals surface area contributed by atoms with E-state index >= 15 is 0 Å². The highest BCUT2D eigenvalue weighted by Gasteiger charge is 2.11. The van der Waals surface area contributed by atoms with E-state index < -0.39 is 0 Å². The molecule has 4 heteroatoms. The van der Waals surface area contributed by atoms with Crippen LogP contribution in [-0.2, 0) is 13.0 Å².